The van der Waals surface area contributed by atoms with Crippen LogP contribution in [-0.2, 0) is 41.0 Å². The zero-order valence-electron chi connectivity index (χ0n) is 56.5. The Labute approximate surface area is 564 Å². The topological polar surface area (TPSA) is 36.9 Å². The molecule has 0 saturated heterocycles. The minimum atomic E-state index is -2.47. The molecule has 0 saturated carbocycles. The molecule has 16 rings (SSSR count). The van der Waals surface area contributed by atoms with Crippen molar-refractivity contribution in [2.75, 3.05) is 0 Å². The van der Waals surface area contributed by atoms with E-state index in [1.54, 1.807) is 12.3 Å². The summed E-state index contributed by atoms with van der Waals surface area (Å²) in [6, 6.07) is 91.8. The fraction of sp³-hybridized carbons (Fsp3) is 0.163. The minimum Gasteiger partial charge on any atom is -0.0894 e. The average Bonchev–Trinajstić information content (AvgIpc) is 1.49. The Bertz CT molecular complexity index is 5490. The van der Waals surface area contributed by atoms with E-state index in [-0.39, 0.29) is 21.8 Å². The smallest absolute Gasteiger partial charge is 0.0894 e. The second kappa shape index (κ2) is 21.9. The molecule has 0 radical (unpaired) electrons. The van der Waals surface area contributed by atoms with Crippen molar-refractivity contribution < 1.29 is 28.2 Å². The summed E-state index contributed by atoms with van der Waals surface area (Å²) in [5.74, 6) is 1.42. The quantitative estimate of drug-likeness (QED) is 0.142. The molecule has 0 N–H and O–H groups in total. The summed E-state index contributed by atoms with van der Waals surface area (Å²) in [6.45, 7) is 18.3. The molecule has 458 valence electrons. The number of para-hydroxylation sites is 2. The van der Waals surface area contributed by atoms with Crippen LogP contribution in [-0.4, -0.2) is 18.7 Å². The SMILES string of the molecule is [2H]C([2H])([2H])c1cc(-n2c3[c-]c(Oc4[c-]c(-n5[c](=[Pt])n(-c6c(-c7ccccc7)cc(C(C)(C)C)cc6-c6cc(C(C)(C)C)cc(C(C)(C)C)c6)c6ccccc65)ccc4)ccc3c3cc4c(cc32)C2(c3ccccc3Sc3ccccc32)c2ccccc2-4)ncc1-c1ccccc1. The van der Waals surface area contributed by atoms with Crippen LogP contribution in [0.4, 0.5) is 0 Å². The molecule has 0 bridgehead atoms. The minimum absolute atomic E-state index is 0.104. The second-order valence-electron chi connectivity index (χ2n) is 27.9. The molecule has 1 spiro atoms. The monoisotopic (exact) mass is 1400 g/mol. The van der Waals surface area contributed by atoms with Crippen molar-refractivity contribution in [2.24, 2.45) is 0 Å². The third-order valence-corrected chi connectivity index (χ3v) is 21.2. The van der Waals surface area contributed by atoms with Crippen LogP contribution in [0.3, 0.4) is 0 Å². The van der Waals surface area contributed by atoms with Gasteiger partial charge in [0.25, 0.3) is 0 Å². The second-order valence-corrected chi connectivity index (χ2v) is 30.0. The number of aromatic nitrogens is 4. The van der Waals surface area contributed by atoms with E-state index in [0.29, 0.717) is 28.4 Å². The number of imidazole rings is 1. The van der Waals surface area contributed by atoms with Crippen LogP contribution in [0, 0.1) is 22.8 Å². The van der Waals surface area contributed by atoms with Crippen LogP contribution in [0.2, 0.25) is 0 Å². The predicted molar refractivity (Wildman–Crippen MR) is 381 cm³/mol. The summed E-state index contributed by atoms with van der Waals surface area (Å²) < 4.78 is 41.9. The molecule has 2 aliphatic rings. The van der Waals surface area contributed by atoms with Crippen molar-refractivity contribution in [1.29, 1.82) is 0 Å². The van der Waals surface area contributed by atoms with Crippen molar-refractivity contribution in [3.05, 3.63) is 303 Å². The number of benzene rings is 11. The molecule has 0 fully saturated rings. The normalized spacial score (nSPS) is 14.0. The van der Waals surface area contributed by atoms with E-state index in [1.807, 2.05) is 60.3 Å². The first-order valence-corrected chi connectivity index (χ1v) is 33.9. The van der Waals surface area contributed by atoms with Gasteiger partial charge < -0.3 is 0 Å². The van der Waals surface area contributed by atoms with Crippen LogP contribution in [0.5, 0.6) is 11.5 Å². The summed E-state index contributed by atoms with van der Waals surface area (Å²) in [4.78, 5) is 7.64. The first-order valence-electron chi connectivity index (χ1n) is 33.4. The van der Waals surface area contributed by atoms with Gasteiger partial charge in [0.15, 0.2) is 0 Å². The van der Waals surface area contributed by atoms with Crippen molar-refractivity contribution in [1.82, 2.24) is 18.7 Å². The number of rotatable bonds is 8. The summed E-state index contributed by atoms with van der Waals surface area (Å²) >= 11 is 4.34. The van der Waals surface area contributed by atoms with Gasteiger partial charge in [0.2, 0.25) is 0 Å². The van der Waals surface area contributed by atoms with Gasteiger partial charge >= 0.3 is 371 Å². The third-order valence-electron chi connectivity index (χ3n) is 19.0. The summed E-state index contributed by atoms with van der Waals surface area (Å²) in [6.07, 6.45) is 1.72. The van der Waals surface area contributed by atoms with Crippen molar-refractivity contribution in [3.8, 4) is 73.2 Å². The molecular formula is C86H70N4OPtS-2. The number of ether oxygens (including phenoxy) is 1. The van der Waals surface area contributed by atoms with Gasteiger partial charge in [-0.2, -0.15) is 0 Å². The first-order chi connectivity index (χ1) is 46.0. The fourth-order valence-corrected chi connectivity index (χ4v) is 16.6. The summed E-state index contributed by atoms with van der Waals surface area (Å²) in [5, 5.41) is 1.90. The summed E-state index contributed by atoms with van der Waals surface area (Å²) in [5.41, 5.74) is 21.6. The van der Waals surface area contributed by atoms with Crippen molar-refractivity contribution in [2.45, 2.75) is 101 Å². The van der Waals surface area contributed by atoms with Gasteiger partial charge in [0.05, 0.1) is 5.41 Å². The van der Waals surface area contributed by atoms with Gasteiger partial charge in [-0.3, -0.25) is 0 Å². The Balaban J connectivity index is 0.891. The van der Waals surface area contributed by atoms with Gasteiger partial charge in [-0.25, -0.2) is 0 Å². The van der Waals surface area contributed by atoms with Gasteiger partial charge in [-0.15, -0.1) is 0 Å². The molecule has 7 heteroatoms. The molecule has 0 unspecified atom stereocenters. The van der Waals surface area contributed by atoms with E-state index < -0.39 is 12.3 Å². The van der Waals surface area contributed by atoms with Crippen LogP contribution in [0.1, 0.15) is 111 Å². The average molecular weight is 1410 g/mol. The van der Waals surface area contributed by atoms with Crippen molar-refractivity contribution >= 4 is 44.6 Å². The summed E-state index contributed by atoms with van der Waals surface area (Å²) in [7, 11) is 0. The maximum absolute atomic E-state index is 9.02. The Kier molecular flexibility index (Phi) is 13.0. The van der Waals surface area contributed by atoms with Crippen LogP contribution in [0.25, 0.3) is 94.5 Å². The van der Waals surface area contributed by atoms with E-state index >= 15 is 0 Å². The van der Waals surface area contributed by atoms with Crippen molar-refractivity contribution in [3.63, 3.8) is 0 Å². The molecule has 0 amide bonds. The van der Waals surface area contributed by atoms with Gasteiger partial charge in [0, 0.05) is 25.7 Å². The molecule has 1 aliphatic carbocycles. The number of pyridine rings is 1. The molecule has 3 aromatic heterocycles. The number of fused-ring (bicyclic) bond motifs is 13. The molecule has 5 nitrogen and oxygen atoms in total. The van der Waals surface area contributed by atoms with E-state index in [9.17, 15) is 0 Å². The molecule has 11 aromatic carbocycles. The molecule has 1 aliphatic heterocycles. The van der Waals surface area contributed by atoms with Crippen LogP contribution < -0.4 is 4.74 Å². The van der Waals surface area contributed by atoms with Gasteiger partial charge in [0.1, 0.15) is 0 Å². The van der Waals surface area contributed by atoms with E-state index in [4.69, 9.17) is 13.8 Å². The number of aryl methyl sites for hydroxylation is 1. The number of hydrogen-bond donors (Lipinski definition) is 0. The number of nitrogens with zero attached hydrogens (tertiary/aromatic N) is 4. The Hall–Kier alpha value is -9.32. The molecule has 0 atom stereocenters. The maximum atomic E-state index is 9.02. The molecule has 93 heavy (non-hydrogen) atoms. The van der Waals surface area contributed by atoms with E-state index in [2.05, 4.69) is 289 Å². The first kappa shape index (κ1) is 55.3. The van der Waals surface area contributed by atoms with Crippen LogP contribution >= 0.6 is 11.8 Å². The van der Waals surface area contributed by atoms with Crippen LogP contribution in [0.15, 0.2) is 253 Å². The predicted octanol–water partition coefficient (Wildman–Crippen LogP) is 22.4. The fourth-order valence-electron chi connectivity index (χ4n) is 14.3. The zero-order valence-corrected chi connectivity index (χ0v) is 56.6. The standard InChI is InChI=1S/C86H70N4OS.Pt/c1-54-42-81(87-52-70(54)56-28-15-12-16-29-56)90-77-49-63(40-41-65(77)69-50-68-64-32-17-18-33-71(64)86(74(68)51-78(69)90)72-34-19-23-38-79(72)92-80-39-24-20-35-73(80)86)91-62-31-25-30-61(48-62)88-53-89(76-37-22-21-36-75(76)88)82-66(55-26-13-11-14-27-55)46-60(85(8,9)10)47-67(82)57-43-58(83(2,3)4)45-59(44-57)84(5,6)7;/h11-47,50-52H,1-10H3;/q-2;/i1D3;. The Morgan fingerprint density at radius 3 is 1.65 bits per heavy atom. The molecular weight excluding hydrogens is 1330 g/mol. The van der Waals surface area contributed by atoms with E-state index in [1.165, 1.54) is 54.3 Å². The van der Waals surface area contributed by atoms with Gasteiger partial charge in [-0.1, -0.05) is 103 Å². The zero-order chi connectivity index (χ0) is 66.4. The molecule has 4 heterocycles. The third kappa shape index (κ3) is 9.61. The Morgan fingerprint density at radius 2 is 1.00 bits per heavy atom. The Morgan fingerprint density at radius 1 is 0.441 bits per heavy atom. The van der Waals surface area contributed by atoms with E-state index in [0.717, 1.165) is 75.9 Å². The number of hydrogen-bond acceptors (Lipinski definition) is 3. The molecule has 14 aromatic rings. The van der Waals surface area contributed by atoms with Gasteiger partial charge in [-0.05, 0) is 63.5 Å².